The van der Waals surface area contributed by atoms with E-state index in [1.54, 1.807) is 25.3 Å². The summed E-state index contributed by atoms with van der Waals surface area (Å²) in [5.74, 6) is -1.25. The summed E-state index contributed by atoms with van der Waals surface area (Å²) in [5.41, 5.74) is 2.13. The Bertz CT molecular complexity index is 1230. The highest BCUT2D eigenvalue weighted by Gasteiger charge is 2.19. The molecule has 0 aliphatic carbocycles. The number of rotatable bonds is 7. The lowest BCUT2D eigenvalue weighted by Crippen LogP contribution is -2.37. The summed E-state index contributed by atoms with van der Waals surface area (Å²) in [4.78, 5) is 27.5. The summed E-state index contributed by atoms with van der Waals surface area (Å²) < 4.78 is 37.7. The Morgan fingerprint density at radius 3 is 2.36 bits per heavy atom. The molecule has 0 radical (unpaired) electrons. The van der Waals surface area contributed by atoms with Gasteiger partial charge < -0.3 is 30.3 Å². The molecule has 8 nitrogen and oxygen atoms in total. The van der Waals surface area contributed by atoms with Crippen LogP contribution in [0.3, 0.4) is 0 Å². The summed E-state index contributed by atoms with van der Waals surface area (Å²) in [6.07, 6.45) is 0. The molecule has 1 fully saturated rings. The van der Waals surface area contributed by atoms with Gasteiger partial charge in [-0.15, -0.1) is 0 Å². The Labute approximate surface area is 207 Å². The van der Waals surface area contributed by atoms with Crippen molar-refractivity contribution in [3.8, 4) is 5.75 Å². The van der Waals surface area contributed by atoms with Gasteiger partial charge in [0, 0.05) is 31.3 Å². The number of hydrogen-bond donors (Lipinski definition) is 3. The predicted octanol–water partition coefficient (Wildman–Crippen LogP) is 4.38. The molecule has 0 bridgehead atoms. The highest BCUT2D eigenvalue weighted by Crippen LogP contribution is 2.29. The van der Waals surface area contributed by atoms with Crippen LogP contribution in [0.15, 0.2) is 60.7 Å². The van der Waals surface area contributed by atoms with E-state index in [2.05, 4.69) is 16.0 Å². The monoisotopic (exact) mass is 496 g/mol. The van der Waals surface area contributed by atoms with Crippen molar-refractivity contribution in [3.05, 3.63) is 83.4 Å². The van der Waals surface area contributed by atoms with Crippen LogP contribution in [0.2, 0.25) is 0 Å². The summed E-state index contributed by atoms with van der Waals surface area (Å²) in [5, 5.41) is 7.93. The summed E-state index contributed by atoms with van der Waals surface area (Å²) >= 11 is 0. The van der Waals surface area contributed by atoms with Crippen molar-refractivity contribution in [1.29, 1.82) is 0 Å². The summed E-state index contributed by atoms with van der Waals surface area (Å²) in [6, 6.07) is 14.5. The van der Waals surface area contributed by atoms with Gasteiger partial charge in [0.25, 0.3) is 5.91 Å². The first-order valence-electron chi connectivity index (χ1n) is 11.3. The van der Waals surface area contributed by atoms with Crippen molar-refractivity contribution in [1.82, 2.24) is 5.32 Å². The number of amides is 3. The van der Waals surface area contributed by atoms with E-state index in [9.17, 15) is 18.4 Å². The van der Waals surface area contributed by atoms with E-state index in [0.717, 1.165) is 23.4 Å². The molecule has 36 heavy (non-hydrogen) atoms. The van der Waals surface area contributed by atoms with Crippen molar-refractivity contribution < 1.29 is 27.8 Å². The lowest BCUT2D eigenvalue weighted by molar-refractivity contribution is 0.0951. The van der Waals surface area contributed by atoms with Crippen molar-refractivity contribution in [2.75, 3.05) is 48.9 Å². The second-order valence-electron chi connectivity index (χ2n) is 8.07. The molecule has 3 amide bonds. The van der Waals surface area contributed by atoms with E-state index < -0.39 is 17.7 Å². The van der Waals surface area contributed by atoms with Gasteiger partial charge in [-0.1, -0.05) is 12.1 Å². The molecule has 0 atom stereocenters. The largest absolute Gasteiger partial charge is 0.497 e. The lowest BCUT2D eigenvalue weighted by Gasteiger charge is -2.30. The van der Waals surface area contributed by atoms with Crippen molar-refractivity contribution in [2.45, 2.75) is 6.54 Å². The van der Waals surface area contributed by atoms with Gasteiger partial charge in [0.15, 0.2) is 0 Å². The maximum absolute atomic E-state index is 14.0. The third kappa shape index (κ3) is 6.28. The Hall–Kier alpha value is -4.18. The topological polar surface area (TPSA) is 91.9 Å². The van der Waals surface area contributed by atoms with E-state index >= 15 is 0 Å². The van der Waals surface area contributed by atoms with Crippen LogP contribution in [0.5, 0.6) is 5.75 Å². The Morgan fingerprint density at radius 2 is 1.67 bits per heavy atom. The second kappa shape index (κ2) is 11.5. The van der Waals surface area contributed by atoms with E-state index in [1.165, 1.54) is 0 Å². The highest BCUT2D eigenvalue weighted by molar-refractivity contribution is 6.04. The predicted molar refractivity (Wildman–Crippen MR) is 133 cm³/mol. The van der Waals surface area contributed by atoms with Crippen LogP contribution < -0.4 is 25.6 Å². The summed E-state index contributed by atoms with van der Waals surface area (Å²) in [7, 11) is 1.58. The minimum Gasteiger partial charge on any atom is -0.497 e. The number of hydrogen-bond acceptors (Lipinski definition) is 5. The number of halogens is 2. The van der Waals surface area contributed by atoms with E-state index in [1.807, 2.05) is 29.2 Å². The SMILES string of the molecule is COc1ccc(CNC(=O)c2ccc(N3CCOCC3)c(NC(=O)Nc3ccc(F)cc3F)c2)cc1. The van der Waals surface area contributed by atoms with E-state index in [0.29, 0.717) is 55.9 Å². The third-order valence-corrected chi connectivity index (χ3v) is 5.65. The minimum atomic E-state index is -0.898. The van der Waals surface area contributed by atoms with Gasteiger partial charge in [0.1, 0.15) is 17.4 Å². The quantitative estimate of drug-likeness (QED) is 0.452. The molecular weight excluding hydrogens is 470 g/mol. The second-order valence-corrected chi connectivity index (χ2v) is 8.07. The molecule has 0 unspecified atom stereocenters. The molecule has 3 aromatic carbocycles. The molecule has 10 heteroatoms. The van der Waals surface area contributed by atoms with Gasteiger partial charge in [0.2, 0.25) is 0 Å². The first-order valence-corrected chi connectivity index (χ1v) is 11.3. The number of morpholine rings is 1. The van der Waals surface area contributed by atoms with Crippen molar-refractivity contribution in [2.24, 2.45) is 0 Å². The van der Waals surface area contributed by atoms with Crippen molar-refractivity contribution >= 4 is 29.0 Å². The Balaban J connectivity index is 1.51. The maximum Gasteiger partial charge on any atom is 0.323 e. The van der Waals surface area contributed by atoms with Gasteiger partial charge in [-0.25, -0.2) is 13.6 Å². The van der Waals surface area contributed by atoms with Gasteiger partial charge in [0.05, 0.1) is 37.4 Å². The number of anilines is 3. The van der Waals surface area contributed by atoms with Crippen LogP contribution in [-0.2, 0) is 11.3 Å². The number of methoxy groups -OCH3 is 1. The van der Waals surface area contributed by atoms with E-state index in [-0.39, 0.29) is 11.6 Å². The lowest BCUT2D eigenvalue weighted by atomic mass is 10.1. The first-order chi connectivity index (χ1) is 17.4. The zero-order chi connectivity index (χ0) is 25.5. The molecule has 0 spiro atoms. The number of nitrogens with zero attached hydrogens (tertiary/aromatic N) is 1. The zero-order valence-electron chi connectivity index (χ0n) is 19.6. The molecule has 4 rings (SSSR count). The van der Waals surface area contributed by atoms with Gasteiger partial charge >= 0.3 is 6.03 Å². The number of urea groups is 1. The molecule has 1 aliphatic rings. The van der Waals surface area contributed by atoms with Crippen LogP contribution in [0.4, 0.5) is 30.6 Å². The molecule has 1 saturated heterocycles. The number of ether oxygens (including phenoxy) is 2. The third-order valence-electron chi connectivity index (χ3n) is 5.65. The Kier molecular flexibility index (Phi) is 7.96. The Morgan fingerprint density at radius 1 is 0.944 bits per heavy atom. The highest BCUT2D eigenvalue weighted by atomic mass is 19.1. The fourth-order valence-electron chi connectivity index (χ4n) is 3.75. The van der Waals surface area contributed by atoms with Crippen LogP contribution >= 0.6 is 0 Å². The molecule has 3 aromatic rings. The number of carbonyl (C=O) groups excluding carboxylic acids is 2. The van der Waals surface area contributed by atoms with Crippen LogP contribution in [0.25, 0.3) is 0 Å². The molecule has 188 valence electrons. The van der Waals surface area contributed by atoms with Gasteiger partial charge in [-0.2, -0.15) is 0 Å². The minimum absolute atomic E-state index is 0.171. The van der Waals surface area contributed by atoms with Gasteiger partial charge in [-0.3, -0.25) is 4.79 Å². The fraction of sp³-hybridized carbons (Fsp3) is 0.231. The number of benzene rings is 3. The maximum atomic E-state index is 14.0. The molecule has 0 aromatic heterocycles. The normalized spacial score (nSPS) is 13.1. The standard InChI is InChI=1S/C26H26F2N4O4/c1-35-20-6-2-17(3-7-20)16-29-25(33)18-4-9-24(32-10-12-36-13-11-32)23(14-18)31-26(34)30-22-8-5-19(27)15-21(22)28/h2-9,14-15H,10-13,16H2,1H3,(H,29,33)(H2,30,31,34). The molecule has 0 saturated carbocycles. The zero-order valence-corrected chi connectivity index (χ0v) is 19.6. The molecule has 1 heterocycles. The first kappa shape index (κ1) is 24.9. The molecule has 1 aliphatic heterocycles. The van der Waals surface area contributed by atoms with E-state index in [4.69, 9.17) is 9.47 Å². The number of carbonyl (C=O) groups is 2. The molecule has 3 N–H and O–H groups in total. The fourth-order valence-corrected chi connectivity index (χ4v) is 3.75. The van der Waals surface area contributed by atoms with Crippen LogP contribution in [0, 0.1) is 11.6 Å². The average molecular weight is 497 g/mol. The van der Waals surface area contributed by atoms with Crippen LogP contribution in [0.1, 0.15) is 15.9 Å². The van der Waals surface area contributed by atoms with Crippen molar-refractivity contribution in [3.63, 3.8) is 0 Å². The number of nitrogens with one attached hydrogen (secondary N) is 3. The average Bonchev–Trinajstić information content (AvgIpc) is 2.89. The summed E-state index contributed by atoms with van der Waals surface area (Å²) in [6.45, 7) is 2.56. The van der Waals surface area contributed by atoms with Gasteiger partial charge in [-0.05, 0) is 48.0 Å². The molecular formula is C26H26F2N4O4. The smallest absolute Gasteiger partial charge is 0.323 e. The van der Waals surface area contributed by atoms with Crippen LogP contribution in [-0.4, -0.2) is 45.4 Å².